The van der Waals surface area contributed by atoms with E-state index in [9.17, 15) is 14.0 Å². The molecule has 5 nitrogen and oxygen atoms in total. The number of methoxy groups -OCH3 is 1. The Morgan fingerprint density at radius 1 is 0.906 bits per heavy atom. The molecule has 0 unspecified atom stereocenters. The van der Waals surface area contributed by atoms with Crippen molar-refractivity contribution >= 4 is 40.4 Å². The first-order valence-electron chi connectivity index (χ1n) is 9.86. The molecular weight excluding hydrogens is 431 g/mol. The monoisotopic (exact) mass is 450 g/mol. The van der Waals surface area contributed by atoms with Gasteiger partial charge >= 0.3 is 0 Å². The third-order valence-electron chi connectivity index (χ3n) is 5.10. The quantitative estimate of drug-likeness (QED) is 0.521. The number of nitrogens with one attached hydrogen (secondary N) is 1. The highest BCUT2D eigenvalue weighted by Crippen LogP contribution is 2.35. The summed E-state index contributed by atoms with van der Waals surface area (Å²) in [5, 5.41) is 3.39. The summed E-state index contributed by atoms with van der Waals surface area (Å²) in [5.74, 6) is -0.954. The summed E-state index contributed by atoms with van der Waals surface area (Å²) in [6, 6.07) is 15.9. The largest absolute Gasteiger partial charge is 0.495 e. The van der Waals surface area contributed by atoms with Crippen LogP contribution in [0.15, 0.2) is 66.4 Å². The van der Waals surface area contributed by atoms with E-state index in [1.165, 1.54) is 31.4 Å². The first-order chi connectivity index (χ1) is 15.3. The number of carbonyl (C=O) groups excluding carboxylic acids is 2. The van der Waals surface area contributed by atoms with E-state index in [0.717, 1.165) is 16.0 Å². The Balaban J connectivity index is 1.82. The Labute approximate surface area is 190 Å². The minimum atomic E-state index is -0.508. The maximum atomic E-state index is 13.5. The Morgan fingerprint density at radius 3 is 2.16 bits per heavy atom. The van der Waals surface area contributed by atoms with Gasteiger partial charge in [0, 0.05) is 5.69 Å². The molecular formula is C25H20ClFN2O3. The third kappa shape index (κ3) is 3.97. The van der Waals surface area contributed by atoms with Crippen LogP contribution in [-0.2, 0) is 9.59 Å². The predicted octanol–water partition coefficient (Wildman–Crippen LogP) is 5.50. The zero-order valence-electron chi connectivity index (χ0n) is 17.7. The smallest absolute Gasteiger partial charge is 0.282 e. The Kier molecular flexibility index (Phi) is 5.72. The number of halogens is 2. The molecule has 0 atom stereocenters. The van der Waals surface area contributed by atoms with Gasteiger partial charge in [0.1, 0.15) is 17.3 Å². The fraction of sp³-hybridized carbons (Fsp3) is 0.120. The lowest BCUT2D eigenvalue weighted by molar-refractivity contribution is -0.120. The van der Waals surface area contributed by atoms with Crippen LogP contribution in [0.4, 0.5) is 15.8 Å². The molecule has 0 aliphatic carbocycles. The molecule has 0 saturated heterocycles. The summed E-state index contributed by atoms with van der Waals surface area (Å²) in [6.07, 6.45) is 0. The highest BCUT2D eigenvalue weighted by atomic mass is 35.5. The lowest BCUT2D eigenvalue weighted by Crippen LogP contribution is -2.32. The van der Waals surface area contributed by atoms with Crippen molar-refractivity contribution in [3.63, 3.8) is 0 Å². The topological polar surface area (TPSA) is 58.6 Å². The molecule has 0 radical (unpaired) electrons. The molecule has 162 valence electrons. The zero-order valence-corrected chi connectivity index (χ0v) is 18.5. The second-order valence-electron chi connectivity index (χ2n) is 7.52. The number of nitrogens with zero attached hydrogens (tertiary/aromatic N) is 1. The van der Waals surface area contributed by atoms with Crippen LogP contribution in [0.25, 0.3) is 5.57 Å². The Bertz CT molecular complexity index is 1250. The number of carbonyl (C=O) groups is 2. The Morgan fingerprint density at radius 2 is 1.56 bits per heavy atom. The van der Waals surface area contributed by atoms with E-state index >= 15 is 0 Å². The third-order valence-corrected chi connectivity index (χ3v) is 5.40. The second-order valence-corrected chi connectivity index (χ2v) is 7.93. The van der Waals surface area contributed by atoms with E-state index in [-0.39, 0.29) is 11.3 Å². The van der Waals surface area contributed by atoms with Crippen molar-refractivity contribution < 1.29 is 18.7 Å². The second kappa shape index (κ2) is 8.48. The summed E-state index contributed by atoms with van der Waals surface area (Å²) in [7, 11) is 1.50. The number of anilines is 2. The lowest BCUT2D eigenvalue weighted by atomic mass is 10.0. The number of ether oxygens (including phenoxy) is 1. The summed E-state index contributed by atoms with van der Waals surface area (Å²) in [6.45, 7) is 3.79. The first kappa shape index (κ1) is 21.6. The van der Waals surface area contributed by atoms with Crippen molar-refractivity contribution in [2.24, 2.45) is 0 Å². The van der Waals surface area contributed by atoms with Gasteiger partial charge in [0.25, 0.3) is 11.8 Å². The van der Waals surface area contributed by atoms with Gasteiger partial charge in [-0.05, 0) is 73.0 Å². The van der Waals surface area contributed by atoms with Gasteiger partial charge < -0.3 is 10.1 Å². The van der Waals surface area contributed by atoms with Gasteiger partial charge in [-0.15, -0.1) is 0 Å². The summed E-state index contributed by atoms with van der Waals surface area (Å²) in [5.41, 5.74) is 3.50. The van der Waals surface area contributed by atoms with Crippen LogP contribution in [0.1, 0.15) is 16.7 Å². The van der Waals surface area contributed by atoms with Crippen molar-refractivity contribution in [2.45, 2.75) is 13.8 Å². The average molecular weight is 451 g/mol. The molecule has 0 bridgehead atoms. The number of imide groups is 1. The molecule has 1 aliphatic heterocycles. The predicted molar refractivity (Wildman–Crippen MR) is 123 cm³/mol. The summed E-state index contributed by atoms with van der Waals surface area (Å²) < 4.78 is 18.7. The maximum absolute atomic E-state index is 13.5. The summed E-state index contributed by atoms with van der Waals surface area (Å²) in [4.78, 5) is 28.0. The van der Waals surface area contributed by atoms with Crippen molar-refractivity contribution in [3.05, 3.63) is 93.9 Å². The van der Waals surface area contributed by atoms with Gasteiger partial charge in [0.05, 0.1) is 23.4 Å². The van der Waals surface area contributed by atoms with Crippen LogP contribution >= 0.6 is 11.6 Å². The number of amides is 2. The van der Waals surface area contributed by atoms with E-state index in [2.05, 4.69) is 5.32 Å². The maximum Gasteiger partial charge on any atom is 0.282 e. The van der Waals surface area contributed by atoms with Crippen molar-refractivity contribution in [3.8, 4) is 5.75 Å². The zero-order chi connectivity index (χ0) is 23.0. The SMILES string of the molecule is COc1ccc(NC2=C(c3ccc(F)cc3)C(=O)N(c3cc(C)cc(C)c3)C2=O)cc1Cl. The molecule has 2 amide bonds. The molecule has 1 heterocycles. The fourth-order valence-electron chi connectivity index (χ4n) is 3.73. The van der Waals surface area contributed by atoms with Crippen molar-refractivity contribution in [2.75, 3.05) is 17.3 Å². The number of hydrogen-bond donors (Lipinski definition) is 1. The van der Waals surface area contributed by atoms with Crippen LogP contribution in [0.5, 0.6) is 5.75 Å². The van der Waals surface area contributed by atoms with Gasteiger partial charge in [-0.25, -0.2) is 9.29 Å². The number of rotatable bonds is 5. The van der Waals surface area contributed by atoms with Crippen LogP contribution in [0, 0.1) is 19.7 Å². The fourth-order valence-corrected chi connectivity index (χ4v) is 3.99. The highest BCUT2D eigenvalue weighted by molar-refractivity contribution is 6.46. The van der Waals surface area contributed by atoms with Gasteiger partial charge in [-0.3, -0.25) is 9.59 Å². The first-order valence-corrected chi connectivity index (χ1v) is 10.2. The molecule has 1 aliphatic rings. The minimum Gasteiger partial charge on any atom is -0.495 e. The molecule has 3 aromatic carbocycles. The molecule has 0 spiro atoms. The van der Waals surface area contributed by atoms with Gasteiger partial charge in [-0.2, -0.15) is 0 Å². The molecule has 3 aromatic rings. The van der Waals surface area contributed by atoms with Gasteiger partial charge in [0.2, 0.25) is 0 Å². The average Bonchev–Trinajstić information content (AvgIpc) is 2.98. The number of aryl methyl sites for hydroxylation is 2. The molecule has 1 N–H and O–H groups in total. The van der Waals surface area contributed by atoms with Gasteiger partial charge in [0.15, 0.2) is 0 Å². The molecule has 0 saturated carbocycles. The van der Waals surface area contributed by atoms with Crippen LogP contribution in [0.2, 0.25) is 5.02 Å². The minimum absolute atomic E-state index is 0.0852. The highest BCUT2D eigenvalue weighted by Gasteiger charge is 2.40. The Hall–Kier alpha value is -3.64. The summed E-state index contributed by atoms with van der Waals surface area (Å²) >= 11 is 6.23. The van der Waals surface area contributed by atoms with Crippen molar-refractivity contribution in [1.82, 2.24) is 0 Å². The molecule has 32 heavy (non-hydrogen) atoms. The number of hydrogen-bond acceptors (Lipinski definition) is 4. The van der Waals surface area contributed by atoms with Crippen LogP contribution < -0.4 is 15.0 Å². The van der Waals surface area contributed by atoms with Crippen molar-refractivity contribution in [1.29, 1.82) is 0 Å². The number of benzene rings is 3. The van der Waals surface area contributed by atoms with Gasteiger partial charge in [-0.1, -0.05) is 29.8 Å². The van der Waals surface area contributed by atoms with E-state index in [4.69, 9.17) is 16.3 Å². The molecule has 0 aromatic heterocycles. The van der Waals surface area contributed by atoms with E-state index in [0.29, 0.717) is 27.7 Å². The molecule has 4 rings (SSSR count). The van der Waals surface area contributed by atoms with E-state index < -0.39 is 17.6 Å². The molecule has 7 heteroatoms. The van der Waals surface area contributed by atoms with E-state index in [1.807, 2.05) is 19.9 Å². The molecule has 0 fully saturated rings. The van der Waals surface area contributed by atoms with Crippen LogP contribution in [0.3, 0.4) is 0 Å². The normalized spacial score (nSPS) is 13.7. The standard InChI is InChI=1S/C25H20ClFN2O3/c1-14-10-15(2)12-19(11-14)29-24(30)22(16-4-6-17(27)7-5-16)23(25(29)31)28-18-8-9-21(32-3)20(26)13-18/h4-13,28H,1-3H3. The lowest BCUT2D eigenvalue weighted by Gasteiger charge is -2.17. The van der Waals surface area contributed by atoms with Crippen LogP contribution in [-0.4, -0.2) is 18.9 Å². The van der Waals surface area contributed by atoms with E-state index in [1.54, 1.807) is 30.3 Å².